The predicted octanol–water partition coefficient (Wildman–Crippen LogP) is 4.67. The van der Waals surface area contributed by atoms with Crippen molar-refractivity contribution in [3.8, 4) is 5.88 Å². The summed E-state index contributed by atoms with van der Waals surface area (Å²) in [5.41, 5.74) is 3.05. The summed E-state index contributed by atoms with van der Waals surface area (Å²) < 4.78 is 0. The lowest BCUT2D eigenvalue weighted by atomic mass is 10.1. The average molecular weight is 348 g/mol. The average Bonchev–Trinajstić information content (AvgIpc) is 3.20. The molecule has 1 aliphatic heterocycles. The minimum absolute atomic E-state index is 0.0194. The van der Waals surface area contributed by atoms with Gasteiger partial charge in [-0.2, -0.15) is 4.98 Å². The quantitative estimate of drug-likeness (QED) is 0.718. The van der Waals surface area contributed by atoms with E-state index in [4.69, 9.17) is 0 Å². The molecular weight excluding hydrogens is 332 g/mol. The zero-order valence-electron chi connectivity index (χ0n) is 13.5. The van der Waals surface area contributed by atoms with E-state index in [0.717, 1.165) is 11.1 Å². The van der Waals surface area contributed by atoms with Gasteiger partial charge in [-0.05, 0) is 30.7 Å². The first-order chi connectivity index (χ1) is 12.2. The van der Waals surface area contributed by atoms with Gasteiger partial charge in [-0.1, -0.05) is 41.7 Å². The molecule has 4 rings (SSSR count). The molecule has 5 nitrogen and oxygen atoms in total. The number of allylic oxidation sites excluding steroid dienone is 1. The molecule has 0 amide bonds. The molecule has 124 valence electrons. The van der Waals surface area contributed by atoms with Gasteiger partial charge in [0.05, 0.1) is 10.9 Å². The minimum atomic E-state index is 0.0194. The van der Waals surface area contributed by atoms with Crippen molar-refractivity contribution >= 4 is 40.1 Å². The van der Waals surface area contributed by atoms with Gasteiger partial charge in [-0.15, -0.1) is 0 Å². The first-order valence-electron chi connectivity index (χ1n) is 7.93. The third-order valence-corrected chi connectivity index (χ3v) is 4.91. The maximum atomic E-state index is 10.2. The van der Waals surface area contributed by atoms with Gasteiger partial charge < -0.3 is 10.4 Å². The Labute approximate surface area is 149 Å². The van der Waals surface area contributed by atoms with E-state index in [1.54, 1.807) is 12.4 Å². The second kappa shape index (κ2) is 6.49. The predicted molar refractivity (Wildman–Crippen MR) is 103 cm³/mol. The molecule has 0 saturated heterocycles. The number of aromatic nitrogens is 2. The highest BCUT2D eigenvalue weighted by Crippen LogP contribution is 2.36. The molecule has 0 radical (unpaired) electrons. The van der Waals surface area contributed by atoms with Crippen molar-refractivity contribution < 1.29 is 5.11 Å². The third-order valence-electron chi connectivity index (χ3n) is 3.98. The molecule has 0 bridgehead atoms. The topological polar surface area (TPSA) is 70.4 Å². The van der Waals surface area contributed by atoms with Crippen LogP contribution in [0.3, 0.4) is 0 Å². The molecule has 1 atom stereocenters. The zero-order chi connectivity index (χ0) is 17.2. The standard InChI is InChI=1S/C19H16N4OS/c1-12(13-6-3-2-4-7-13)22-19-23-18(24)16(25-19)10-14-11-21-17-15(14)8-5-9-20-17/h2-12,24H,1H3,(H,22,23)/b14-10+/t12-/m0/s1. The summed E-state index contributed by atoms with van der Waals surface area (Å²) in [7, 11) is 0. The maximum absolute atomic E-state index is 10.2. The Morgan fingerprint density at radius 2 is 2.00 bits per heavy atom. The molecule has 2 N–H and O–H groups in total. The van der Waals surface area contributed by atoms with Crippen LogP contribution in [0, 0.1) is 0 Å². The van der Waals surface area contributed by atoms with Crippen LogP contribution in [0.2, 0.25) is 0 Å². The van der Waals surface area contributed by atoms with Crippen molar-refractivity contribution in [2.75, 3.05) is 5.32 Å². The van der Waals surface area contributed by atoms with Crippen LogP contribution >= 0.6 is 11.3 Å². The van der Waals surface area contributed by atoms with Crippen LogP contribution in [0.1, 0.15) is 29.0 Å². The van der Waals surface area contributed by atoms with Crippen LogP contribution < -0.4 is 5.32 Å². The molecule has 6 heteroatoms. The Balaban J connectivity index is 1.58. The molecule has 2 aromatic heterocycles. The summed E-state index contributed by atoms with van der Waals surface area (Å²) in [5, 5.41) is 14.2. The number of rotatable bonds is 4. The first-order valence-corrected chi connectivity index (χ1v) is 8.75. The van der Waals surface area contributed by atoms with Gasteiger partial charge in [0.15, 0.2) is 10.9 Å². The third kappa shape index (κ3) is 3.16. The van der Waals surface area contributed by atoms with E-state index in [2.05, 4.69) is 39.3 Å². The van der Waals surface area contributed by atoms with E-state index < -0.39 is 0 Å². The largest absolute Gasteiger partial charge is 0.492 e. The number of anilines is 1. The summed E-state index contributed by atoms with van der Waals surface area (Å²) in [5.74, 6) is 0.722. The number of hydrogen-bond acceptors (Lipinski definition) is 6. The van der Waals surface area contributed by atoms with E-state index >= 15 is 0 Å². The Kier molecular flexibility index (Phi) is 4.03. The molecule has 0 unspecified atom stereocenters. The molecule has 0 spiro atoms. The van der Waals surface area contributed by atoms with E-state index in [1.807, 2.05) is 36.4 Å². The molecule has 0 fully saturated rings. The van der Waals surface area contributed by atoms with Crippen molar-refractivity contribution in [1.82, 2.24) is 9.97 Å². The van der Waals surface area contributed by atoms with Gasteiger partial charge in [-0.3, -0.25) is 0 Å². The number of nitrogens with zero attached hydrogens (tertiary/aromatic N) is 3. The van der Waals surface area contributed by atoms with Gasteiger partial charge in [-0.25, -0.2) is 9.98 Å². The van der Waals surface area contributed by atoms with Crippen LogP contribution in [-0.2, 0) is 0 Å². The molecular formula is C19H16N4OS. The van der Waals surface area contributed by atoms with Gasteiger partial charge in [0.25, 0.3) is 0 Å². The Hall–Kier alpha value is -2.99. The van der Waals surface area contributed by atoms with Gasteiger partial charge in [0, 0.05) is 23.5 Å². The molecule has 3 heterocycles. The summed E-state index contributed by atoms with van der Waals surface area (Å²) >= 11 is 1.41. The van der Waals surface area contributed by atoms with E-state index in [-0.39, 0.29) is 11.9 Å². The van der Waals surface area contributed by atoms with E-state index in [0.29, 0.717) is 15.8 Å². The fourth-order valence-corrected chi connectivity index (χ4v) is 3.57. The molecule has 1 aromatic carbocycles. The fourth-order valence-electron chi connectivity index (χ4n) is 2.67. The van der Waals surface area contributed by atoms with Crippen LogP contribution in [0.4, 0.5) is 10.9 Å². The number of benzene rings is 1. The number of nitrogens with one attached hydrogen (secondary N) is 1. The lowest BCUT2D eigenvalue weighted by molar-refractivity contribution is 0.456. The van der Waals surface area contributed by atoms with Crippen molar-refractivity contribution in [2.45, 2.75) is 13.0 Å². The van der Waals surface area contributed by atoms with Gasteiger partial charge in [0.1, 0.15) is 0 Å². The number of aromatic hydroxyl groups is 1. The molecule has 3 aromatic rings. The summed E-state index contributed by atoms with van der Waals surface area (Å²) in [4.78, 5) is 13.4. The van der Waals surface area contributed by atoms with Crippen molar-refractivity contribution in [3.05, 3.63) is 64.7 Å². The monoisotopic (exact) mass is 348 g/mol. The van der Waals surface area contributed by atoms with Crippen LogP contribution in [-0.4, -0.2) is 21.3 Å². The lowest BCUT2D eigenvalue weighted by Crippen LogP contribution is -2.05. The second-order valence-corrected chi connectivity index (χ2v) is 6.75. The lowest BCUT2D eigenvalue weighted by Gasteiger charge is -2.12. The number of thiazole rings is 1. The highest BCUT2D eigenvalue weighted by Gasteiger charge is 2.16. The molecule has 0 aliphatic carbocycles. The van der Waals surface area contributed by atoms with Crippen molar-refractivity contribution in [3.63, 3.8) is 0 Å². The SMILES string of the molecule is C[C@H](Nc1nc(O)c(/C=C2\C=Nc3ncccc32)s1)c1ccccc1. The molecule has 0 saturated carbocycles. The molecule has 25 heavy (non-hydrogen) atoms. The Morgan fingerprint density at radius 1 is 1.16 bits per heavy atom. The van der Waals surface area contributed by atoms with Crippen molar-refractivity contribution in [1.29, 1.82) is 0 Å². The van der Waals surface area contributed by atoms with Crippen LogP contribution in [0.25, 0.3) is 11.6 Å². The molecule has 1 aliphatic rings. The number of pyridine rings is 1. The van der Waals surface area contributed by atoms with Gasteiger partial charge in [0.2, 0.25) is 5.88 Å². The summed E-state index contributed by atoms with van der Waals surface area (Å²) in [6, 6.07) is 14.1. The van der Waals surface area contributed by atoms with Crippen molar-refractivity contribution in [2.24, 2.45) is 4.99 Å². The van der Waals surface area contributed by atoms with Crippen LogP contribution in [0.15, 0.2) is 53.7 Å². The minimum Gasteiger partial charge on any atom is -0.492 e. The Morgan fingerprint density at radius 3 is 2.84 bits per heavy atom. The van der Waals surface area contributed by atoms with E-state index in [9.17, 15) is 5.11 Å². The highest BCUT2D eigenvalue weighted by atomic mass is 32.1. The highest BCUT2D eigenvalue weighted by molar-refractivity contribution is 7.16. The fraction of sp³-hybridized carbons (Fsp3) is 0.105. The second-order valence-electron chi connectivity index (χ2n) is 5.72. The maximum Gasteiger partial charge on any atom is 0.231 e. The van der Waals surface area contributed by atoms with Gasteiger partial charge >= 0.3 is 0 Å². The first kappa shape index (κ1) is 15.5. The smallest absolute Gasteiger partial charge is 0.231 e. The summed E-state index contributed by atoms with van der Waals surface area (Å²) in [6.45, 7) is 2.07. The summed E-state index contributed by atoms with van der Waals surface area (Å²) in [6.07, 6.45) is 5.37. The zero-order valence-corrected chi connectivity index (χ0v) is 14.4. The Bertz CT molecular complexity index is 963. The van der Waals surface area contributed by atoms with Crippen LogP contribution in [0.5, 0.6) is 5.88 Å². The number of fused-ring (bicyclic) bond motifs is 1. The number of hydrogen-bond donors (Lipinski definition) is 2. The van der Waals surface area contributed by atoms with E-state index in [1.165, 1.54) is 16.9 Å². The number of aliphatic imine (C=N–C) groups is 1. The normalized spacial score (nSPS) is 15.3.